The van der Waals surface area contributed by atoms with Crippen LogP contribution in [-0.4, -0.2) is 45.0 Å². The van der Waals surface area contributed by atoms with Crippen LogP contribution in [0.2, 0.25) is 0 Å². The molecule has 0 saturated carbocycles. The van der Waals surface area contributed by atoms with Gasteiger partial charge in [0.25, 0.3) is 0 Å². The minimum atomic E-state index is -4.02. The van der Waals surface area contributed by atoms with Crippen LogP contribution in [0, 0.1) is 5.82 Å². The molecule has 0 fully saturated rings. The molecule has 2 rings (SSSR count). The Balaban J connectivity index is 1.96. The lowest BCUT2D eigenvalue weighted by atomic mass is 10.2. The first-order valence-electron chi connectivity index (χ1n) is 9.17. The Morgan fingerprint density at radius 2 is 1.33 bits per heavy atom. The van der Waals surface area contributed by atoms with Crippen molar-refractivity contribution in [2.24, 2.45) is 0 Å². The number of carbonyl (C=O) groups is 2. The largest absolute Gasteiger partial charge is 0.490 e. The zero-order valence-electron chi connectivity index (χ0n) is 16.6. The fourth-order valence-corrected chi connectivity index (χ4v) is 3.55. The maximum atomic E-state index is 12.9. The molecule has 8 nitrogen and oxygen atoms in total. The highest BCUT2D eigenvalue weighted by Crippen LogP contribution is 2.30. The Kier molecular flexibility index (Phi) is 8.16. The van der Waals surface area contributed by atoms with E-state index in [4.69, 9.17) is 9.47 Å². The van der Waals surface area contributed by atoms with E-state index in [0.29, 0.717) is 30.4 Å². The fourth-order valence-electron chi connectivity index (χ4n) is 2.51. The van der Waals surface area contributed by atoms with E-state index in [2.05, 4.69) is 10.6 Å². The average molecular weight is 438 g/mol. The topological polar surface area (TPSA) is 111 Å². The molecule has 0 unspecified atom stereocenters. The van der Waals surface area contributed by atoms with Crippen LogP contribution < -0.4 is 20.1 Å². The van der Waals surface area contributed by atoms with Gasteiger partial charge in [-0.25, -0.2) is 12.8 Å². The molecule has 0 aliphatic rings. The molecule has 0 bridgehead atoms. The Labute approximate surface area is 174 Å². The number of hydrogen-bond acceptors (Lipinski definition) is 6. The maximum absolute atomic E-state index is 12.9. The minimum absolute atomic E-state index is 0.249. The Bertz CT molecular complexity index is 993. The molecule has 162 valence electrons. The van der Waals surface area contributed by atoms with Crippen molar-refractivity contribution in [1.82, 2.24) is 0 Å². The van der Waals surface area contributed by atoms with E-state index in [1.54, 1.807) is 19.1 Å². The summed E-state index contributed by atoms with van der Waals surface area (Å²) in [5, 5.41) is 4.81. The highest BCUT2D eigenvalue weighted by molar-refractivity contribution is 7.92. The predicted molar refractivity (Wildman–Crippen MR) is 111 cm³/mol. The highest BCUT2D eigenvalue weighted by atomic mass is 32.2. The molecule has 0 aromatic heterocycles. The molecule has 0 heterocycles. The number of sulfone groups is 1. The van der Waals surface area contributed by atoms with Crippen LogP contribution in [-0.2, 0) is 19.4 Å². The molecule has 2 N–H and O–H groups in total. The average Bonchev–Trinajstić information content (AvgIpc) is 2.65. The number of ether oxygens (including phenoxy) is 2. The van der Waals surface area contributed by atoms with Crippen molar-refractivity contribution in [2.45, 2.75) is 13.8 Å². The smallest absolute Gasteiger partial charge is 0.239 e. The van der Waals surface area contributed by atoms with Crippen LogP contribution in [0.1, 0.15) is 13.8 Å². The lowest BCUT2D eigenvalue weighted by Gasteiger charge is -2.13. The second kappa shape index (κ2) is 10.6. The van der Waals surface area contributed by atoms with Crippen LogP contribution in [0.4, 0.5) is 15.8 Å². The first-order chi connectivity index (χ1) is 14.2. The molecular weight excluding hydrogens is 415 g/mol. The quantitative estimate of drug-likeness (QED) is 0.590. The molecule has 0 atom stereocenters. The normalized spacial score (nSPS) is 10.9. The summed E-state index contributed by atoms with van der Waals surface area (Å²) in [5.74, 6) is -2.95. The van der Waals surface area contributed by atoms with Crippen molar-refractivity contribution in [1.29, 1.82) is 0 Å². The third kappa shape index (κ3) is 7.36. The third-order valence-electron chi connectivity index (χ3n) is 3.66. The van der Waals surface area contributed by atoms with Gasteiger partial charge in [0.2, 0.25) is 11.8 Å². The number of benzene rings is 2. The van der Waals surface area contributed by atoms with Crippen LogP contribution >= 0.6 is 0 Å². The minimum Gasteiger partial charge on any atom is -0.490 e. The first kappa shape index (κ1) is 23.1. The summed E-state index contributed by atoms with van der Waals surface area (Å²) in [5.41, 5.74) is 0.580. The van der Waals surface area contributed by atoms with Crippen LogP contribution in [0.5, 0.6) is 11.5 Å². The van der Waals surface area contributed by atoms with Crippen molar-refractivity contribution >= 4 is 33.0 Å². The van der Waals surface area contributed by atoms with E-state index in [-0.39, 0.29) is 5.69 Å². The third-order valence-corrected chi connectivity index (χ3v) is 5.06. The molecule has 0 saturated heterocycles. The first-order valence-corrected chi connectivity index (χ1v) is 11.0. The van der Waals surface area contributed by atoms with Gasteiger partial charge in [-0.05, 0) is 50.2 Å². The zero-order valence-corrected chi connectivity index (χ0v) is 17.4. The van der Waals surface area contributed by atoms with Gasteiger partial charge in [-0.3, -0.25) is 9.59 Å². The van der Waals surface area contributed by atoms with Gasteiger partial charge in [-0.15, -0.1) is 0 Å². The summed E-state index contributed by atoms with van der Waals surface area (Å²) in [6.07, 6.45) is 0. The maximum Gasteiger partial charge on any atom is 0.239 e. The molecule has 2 aromatic carbocycles. The molecular formula is C20H23FN2O6S. The van der Waals surface area contributed by atoms with E-state index in [1.165, 1.54) is 18.2 Å². The van der Waals surface area contributed by atoms with Gasteiger partial charge in [0.1, 0.15) is 17.3 Å². The summed E-state index contributed by atoms with van der Waals surface area (Å²) >= 11 is 0. The van der Waals surface area contributed by atoms with E-state index in [0.717, 1.165) is 12.1 Å². The van der Waals surface area contributed by atoms with Gasteiger partial charge in [0.05, 0.1) is 13.2 Å². The lowest BCUT2D eigenvalue weighted by Crippen LogP contribution is -2.30. The second-order valence-corrected chi connectivity index (χ2v) is 8.23. The molecule has 10 heteroatoms. The number of anilines is 2. The molecule has 2 aromatic rings. The molecule has 0 aliphatic carbocycles. The van der Waals surface area contributed by atoms with Crippen LogP contribution in [0.3, 0.4) is 0 Å². The fraction of sp³-hybridized carbons (Fsp3) is 0.300. The molecule has 0 spiro atoms. The van der Waals surface area contributed by atoms with Crippen LogP contribution in [0.15, 0.2) is 42.5 Å². The lowest BCUT2D eigenvalue weighted by molar-refractivity contribution is -0.114. The Morgan fingerprint density at radius 1 is 0.833 bits per heavy atom. The van der Waals surface area contributed by atoms with E-state index < -0.39 is 39.0 Å². The number of carbonyl (C=O) groups excluding carboxylic acids is 2. The highest BCUT2D eigenvalue weighted by Gasteiger charge is 2.21. The molecule has 2 amide bonds. The van der Waals surface area contributed by atoms with Gasteiger partial charge in [0, 0.05) is 17.4 Å². The van der Waals surface area contributed by atoms with Gasteiger partial charge in [-0.2, -0.15) is 0 Å². The Morgan fingerprint density at radius 3 is 1.90 bits per heavy atom. The summed E-state index contributed by atoms with van der Waals surface area (Å²) in [6, 6.07) is 9.55. The SMILES string of the molecule is CCOc1ccc(NC(=O)CS(=O)(=O)CC(=O)Nc2ccc(F)cc2)cc1OCC. The van der Waals surface area contributed by atoms with Crippen molar-refractivity contribution in [3.05, 3.63) is 48.3 Å². The zero-order chi connectivity index (χ0) is 22.1. The summed E-state index contributed by atoms with van der Waals surface area (Å²) in [4.78, 5) is 24.1. The Hall–Kier alpha value is -3.14. The number of halogens is 1. The summed E-state index contributed by atoms with van der Waals surface area (Å²) < 4.78 is 48.1. The van der Waals surface area contributed by atoms with Crippen molar-refractivity contribution in [2.75, 3.05) is 35.4 Å². The monoisotopic (exact) mass is 438 g/mol. The number of nitrogens with one attached hydrogen (secondary N) is 2. The van der Waals surface area contributed by atoms with E-state index in [1.807, 2.05) is 6.92 Å². The summed E-state index contributed by atoms with van der Waals surface area (Å²) in [6.45, 7) is 4.44. The van der Waals surface area contributed by atoms with Crippen LogP contribution in [0.25, 0.3) is 0 Å². The van der Waals surface area contributed by atoms with E-state index in [9.17, 15) is 22.4 Å². The van der Waals surface area contributed by atoms with Crippen molar-refractivity contribution in [3.63, 3.8) is 0 Å². The van der Waals surface area contributed by atoms with Gasteiger partial charge in [0.15, 0.2) is 21.3 Å². The van der Waals surface area contributed by atoms with Gasteiger partial charge >= 0.3 is 0 Å². The second-order valence-electron chi connectivity index (χ2n) is 6.16. The molecule has 0 radical (unpaired) electrons. The number of amides is 2. The predicted octanol–water partition coefficient (Wildman–Crippen LogP) is 2.62. The molecule has 0 aliphatic heterocycles. The van der Waals surface area contributed by atoms with Crippen molar-refractivity contribution in [3.8, 4) is 11.5 Å². The number of hydrogen-bond donors (Lipinski definition) is 2. The standard InChI is InChI=1S/C20H23FN2O6S/c1-3-28-17-10-9-16(11-18(17)29-4-2)23-20(25)13-30(26,27)12-19(24)22-15-7-5-14(21)6-8-15/h5-11H,3-4,12-13H2,1-2H3,(H,22,24)(H,23,25). The molecule has 30 heavy (non-hydrogen) atoms. The van der Waals surface area contributed by atoms with Gasteiger partial charge in [-0.1, -0.05) is 0 Å². The number of rotatable bonds is 10. The van der Waals surface area contributed by atoms with Crippen molar-refractivity contribution < 1.29 is 31.9 Å². The summed E-state index contributed by atoms with van der Waals surface area (Å²) in [7, 11) is -4.02. The van der Waals surface area contributed by atoms with Gasteiger partial charge < -0.3 is 20.1 Å². The van der Waals surface area contributed by atoms with E-state index >= 15 is 0 Å².